The fraction of sp³-hybridized carbons (Fsp3) is 0.400. The first kappa shape index (κ1) is 18.2. The fourth-order valence-corrected chi connectivity index (χ4v) is 3.24. The highest BCUT2D eigenvalue weighted by Crippen LogP contribution is 2.24. The smallest absolute Gasteiger partial charge is 0.260 e. The van der Waals surface area contributed by atoms with E-state index in [1.165, 1.54) is 11.0 Å². The van der Waals surface area contributed by atoms with Crippen LogP contribution in [0.3, 0.4) is 0 Å². The molecule has 2 N–H and O–H groups in total. The Kier molecular flexibility index (Phi) is 5.13. The molecular formula is C20H24N2O4. The van der Waals surface area contributed by atoms with Crippen molar-refractivity contribution >= 4 is 5.91 Å². The lowest BCUT2D eigenvalue weighted by molar-refractivity contribution is -0.0532. The molecular weight excluding hydrogens is 332 g/mol. The Labute approximate surface area is 152 Å². The van der Waals surface area contributed by atoms with Crippen molar-refractivity contribution in [2.45, 2.75) is 32.3 Å². The number of pyridine rings is 1. The Morgan fingerprint density at radius 1 is 1.31 bits per heavy atom. The van der Waals surface area contributed by atoms with Crippen molar-refractivity contribution in [3.63, 3.8) is 0 Å². The number of H-pyrrole nitrogens is 1. The number of carbonyl (C=O) groups excluding carboxylic acids is 1. The number of benzene rings is 1. The Balaban J connectivity index is 1.69. The number of aromatic amines is 1. The van der Waals surface area contributed by atoms with Gasteiger partial charge in [0.2, 0.25) is 0 Å². The third kappa shape index (κ3) is 4.14. The van der Waals surface area contributed by atoms with Crippen LogP contribution in [0.2, 0.25) is 0 Å². The summed E-state index contributed by atoms with van der Waals surface area (Å²) in [7, 11) is 0. The molecule has 1 unspecified atom stereocenters. The van der Waals surface area contributed by atoms with Crippen LogP contribution in [0.1, 0.15) is 34.5 Å². The van der Waals surface area contributed by atoms with E-state index in [1.54, 1.807) is 13.0 Å². The molecule has 1 aliphatic heterocycles. The zero-order valence-electron chi connectivity index (χ0n) is 15.1. The van der Waals surface area contributed by atoms with Crippen LogP contribution in [0.5, 0.6) is 5.75 Å². The SMILES string of the molecule is Cc1cccc(OCC2(O)CCCN(C(=O)c3ccc(C)[nH]c3=O)C2)c1. The summed E-state index contributed by atoms with van der Waals surface area (Å²) in [5.41, 5.74) is 0.344. The average molecular weight is 356 g/mol. The highest BCUT2D eigenvalue weighted by atomic mass is 16.5. The van der Waals surface area contributed by atoms with Gasteiger partial charge in [0.15, 0.2) is 0 Å². The van der Waals surface area contributed by atoms with Gasteiger partial charge in [-0.3, -0.25) is 9.59 Å². The summed E-state index contributed by atoms with van der Waals surface area (Å²) in [6, 6.07) is 10.9. The van der Waals surface area contributed by atoms with E-state index in [0.29, 0.717) is 30.8 Å². The van der Waals surface area contributed by atoms with Gasteiger partial charge in [-0.25, -0.2) is 0 Å². The molecule has 0 radical (unpaired) electrons. The number of likely N-dealkylation sites (tertiary alicyclic amines) is 1. The van der Waals surface area contributed by atoms with Crippen LogP contribution < -0.4 is 10.3 Å². The van der Waals surface area contributed by atoms with Crippen LogP contribution >= 0.6 is 0 Å². The first-order chi connectivity index (χ1) is 12.4. The topological polar surface area (TPSA) is 82.6 Å². The van der Waals surface area contributed by atoms with E-state index in [4.69, 9.17) is 4.74 Å². The van der Waals surface area contributed by atoms with Gasteiger partial charge >= 0.3 is 0 Å². The van der Waals surface area contributed by atoms with Crippen LogP contribution in [0.25, 0.3) is 0 Å². The number of hydrogen-bond acceptors (Lipinski definition) is 4. The Morgan fingerprint density at radius 2 is 2.12 bits per heavy atom. The minimum Gasteiger partial charge on any atom is -0.491 e. The number of ether oxygens (including phenoxy) is 1. The number of amides is 1. The normalized spacial score (nSPS) is 20.0. The van der Waals surface area contributed by atoms with Gasteiger partial charge in [-0.1, -0.05) is 12.1 Å². The number of aliphatic hydroxyl groups is 1. The number of aryl methyl sites for hydroxylation is 2. The molecule has 1 amide bonds. The second kappa shape index (κ2) is 7.33. The number of rotatable bonds is 4. The summed E-state index contributed by atoms with van der Waals surface area (Å²) in [6.45, 7) is 4.49. The van der Waals surface area contributed by atoms with Crippen molar-refractivity contribution in [3.8, 4) is 5.75 Å². The highest BCUT2D eigenvalue weighted by molar-refractivity contribution is 5.94. The highest BCUT2D eigenvalue weighted by Gasteiger charge is 2.36. The van der Waals surface area contributed by atoms with Crippen molar-refractivity contribution in [1.82, 2.24) is 9.88 Å². The van der Waals surface area contributed by atoms with Gasteiger partial charge in [0, 0.05) is 12.2 Å². The molecule has 1 fully saturated rings. The summed E-state index contributed by atoms with van der Waals surface area (Å²) in [5, 5.41) is 10.9. The van der Waals surface area contributed by atoms with Gasteiger partial charge in [0.25, 0.3) is 11.5 Å². The van der Waals surface area contributed by atoms with Crippen molar-refractivity contribution < 1.29 is 14.6 Å². The molecule has 2 heterocycles. The molecule has 2 aromatic rings. The van der Waals surface area contributed by atoms with E-state index in [0.717, 1.165) is 5.56 Å². The van der Waals surface area contributed by atoms with E-state index in [1.807, 2.05) is 31.2 Å². The predicted molar refractivity (Wildman–Crippen MR) is 98.6 cm³/mol. The Morgan fingerprint density at radius 3 is 2.85 bits per heavy atom. The number of piperidine rings is 1. The number of hydrogen-bond donors (Lipinski definition) is 2. The number of nitrogens with one attached hydrogen (secondary N) is 1. The number of β-amino-alcohol motifs (C(OH)–C–C–N with tert-alkyl or cyclic N) is 1. The third-order valence-electron chi connectivity index (χ3n) is 4.63. The van der Waals surface area contributed by atoms with E-state index in [-0.39, 0.29) is 24.6 Å². The van der Waals surface area contributed by atoms with Gasteiger partial charge in [0.1, 0.15) is 23.5 Å². The quantitative estimate of drug-likeness (QED) is 0.878. The first-order valence-electron chi connectivity index (χ1n) is 8.77. The fourth-order valence-electron chi connectivity index (χ4n) is 3.24. The molecule has 6 nitrogen and oxygen atoms in total. The van der Waals surface area contributed by atoms with E-state index < -0.39 is 11.2 Å². The van der Waals surface area contributed by atoms with Crippen LogP contribution in [-0.2, 0) is 0 Å². The van der Waals surface area contributed by atoms with Gasteiger partial charge in [-0.05, 0) is 56.5 Å². The molecule has 6 heteroatoms. The summed E-state index contributed by atoms with van der Waals surface area (Å²) in [5.74, 6) is 0.330. The molecule has 1 aliphatic rings. The molecule has 0 saturated carbocycles. The minimum absolute atomic E-state index is 0.0967. The monoisotopic (exact) mass is 356 g/mol. The second-order valence-electron chi connectivity index (χ2n) is 7.04. The summed E-state index contributed by atoms with van der Waals surface area (Å²) >= 11 is 0. The van der Waals surface area contributed by atoms with Gasteiger partial charge in [-0.2, -0.15) is 0 Å². The molecule has 1 aromatic heterocycles. The molecule has 0 spiro atoms. The standard InChI is InChI=1S/C20H24N2O4/c1-14-5-3-6-16(11-14)26-13-20(25)9-4-10-22(12-20)19(24)17-8-7-15(2)21-18(17)23/h3,5-8,11,25H,4,9-10,12-13H2,1-2H3,(H,21,23). The number of carbonyl (C=O) groups is 1. The summed E-state index contributed by atoms with van der Waals surface area (Å²) < 4.78 is 5.75. The van der Waals surface area contributed by atoms with Crippen molar-refractivity contribution in [2.24, 2.45) is 0 Å². The molecule has 1 aromatic carbocycles. The lowest BCUT2D eigenvalue weighted by Gasteiger charge is -2.38. The summed E-state index contributed by atoms with van der Waals surface area (Å²) in [4.78, 5) is 28.9. The van der Waals surface area contributed by atoms with Crippen LogP contribution in [0, 0.1) is 13.8 Å². The van der Waals surface area contributed by atoms with Gasteiger partial charge in [0.05, 0.1) is 6.54 Å². The Bertz CT molecular complexity index is 861. The van der Waals surface area contributed by atoms with Crippen molar-refractivity contribution in [3.05, 3.63) is 63.6 Å². The van der Waals surface area contributed by atoms with E-state index in [2.05, 4.69) is 4.98 Å². The maximum Gasteiger partial charge on any atom is 0.260 e. The molecule has 26 heavy (non-hydrogen) atoms. The van der Waals surface area contributed by atoms with Crippen molar-refractivity contribution in [1.29, 1.82) is 0 Å². The van der Waals surface area contributed by atoms with Gasteiger partial charge < -0.3 is 19.7 Å². The molecule has 138 valence electrons. The number of aromatic nitrogens is 1. The maximum atomic E-state index is 12.7. The largest absolute Gasteiger partial charge is 0.491 e. The van der Waals surface area contributed by atoms with Crippen LogP contribution in [-0.4, -0.2) is 46.2 Å². The molecule has 1 atom stereocenters. The van der Waals surface area contributed by atoms with E-state index in [9.17, 15) is 14.7 Å². The van der Waals surface area contributed by atoms with Crippen LogP contribution in [0.15, 0.2) is 41.2 Å². The molecule has 0 aliphatic carbocycles. The lowest BCUT2D eigenvalue weighted by atomic mass is 9.93. The maximum absolute atomic E-state index is 12.7. The van der Waals surface area contributed by atoms with E-state index >= 15 is 0 Å². The van der Waals surface area contributed by atoms with Gasteiger partial charge in [-0.15, -0.1) is 0 Å². The first-order valence-corrected chi connectivity index (χ1v) is 8.77. The molecule has 0 bridgehead atoms. The molecule has 1 saturated heterocycles. The summed E-state index contributed by atoms with van der Waals surface area (Å²) in [6.07, 6.45) is 1.20. The minimum atomic E-state index is -1.13. The second-order valence-corrected chi connectivity index (χ2v) is 7.04. The number of nitrogens with zero attached hydrogens (tertiary/aromatic N) is 1. The third-order valence-corrected chi connectivity index (χ3v) is 4.63. The zero-order valence-corrected chi connectivity index (χ0v) is 15.1. The lowest BCUT2D eigenvalue weighted by Crippen LogP contribution is -2.53. The predicted octanol–water partition coefficient (Wildman–Crippen LogP) is 2.04. The Hall–Kier alpha value is -2.60. The zero-order chi connectivity index (χ0) is 18.7. The average Bonchev–Trinajstić information content (AvgIpc) is 2.60. The molecule has 3 rings (SSSR count). The van der Waals surface area contributed by atoms with Crippen molar-refractivity contribution in [2.75, 3.05) is 19.7 Å². The van der Waals surface area contributed by atoms with Crippen LogP contribution in [0.4, 0.5) is 0 Å².